The fourth-order valence-electron chi connectivity index (χ4n) is 4.07. The molecule has 1 aliphatic rings. The van der Waals surface area contributed by atoms with E-state index in [2.05, 4.69) is 9.97 Å². The Balaban J connectivity index is 1.68. The molecule has 2 aromatic carbocycles. The van der Waals surface area contributed by atoms with Crippen molar-refractivity contribution in [3.63, 3.8) is 0 Å². The number of carbonyl (C=O) groups is 2. The van der Waals surface area contributed by atoms with Crippen LogP contribution in [0.3, 0.4) is 0 Å². The van der Waals surface area contributed by atoms with E-state index in [4.69, 9.17) is 4.74 Å². The molecular formula is C24H24N2O3. The largest absolute Gasteiger partial charge is 0.437 e. The Kier molecular flexibility index (Phi) is 4.91. The zero-order valence-electron chi connectivity index (χ0n) is 16.9. The molecule has 0 bridgehead atoms. The van der Waals surface area contributed by atoms with Crippen LogP contribution < -0.4 is 4.74 Å². The number of fused-ring (bicyclic) bond motifs is 1. The summed E-state index contributed by atoms with van der Waals surface area (Å²) >= 11 is 0. The maximum Gasteiger partial charge on any atom is 0.238 e. The second-order valence-electron chi connectivity index (χ2n) is 8.40. The summed E-state index contributed by atoms with van der Waals surface area (Å²) in [5.74, 6) is 0.199. The molecule has 1 aromatic heterocycles. The summed E-state index contributed by atoms with van der Waals surface area (Å²) in [5, 5.41) is 0. The number of carbonyl (C=O) groups excluding carboxylic acids is 2. The molecule has 1 heterocycles. The minimum Gasteiger partial charge on any atom is -0.437 e. The lowest BCUT2D eigenvalue weighted by Gasteiger charge is -2.33. The van der Waals surface area contributed by atoms with Gasteiger partial charge in [0.25, 0.3) is 0 Å². The molecule has 0 atom stereocenters. The molecule has 0 N–H and O–H groups in total. The number of hydrogen-bond donors (Lipinski definition) is 0. The third-order valence-electron chi connectivity index (χ3n) is 5.41. The smallest absolute Gasteiger partial charge is 0.238 e. The fraction of sp³-hybridized carbons (Fsp3) is 0.333. The summed E-state index contributed by atoms with van der Waals surface area (Å²) in [7, 11) is 0. The van der Waals surface area contributed by atoms with E-state index in [1.807, 2.05) is 63.2 Å². The van der Waals surface area contributed by atoms with E-state index in [0.29, 0.717) is 24.5 Å². The molecule has 5 heteroatoms. The van der Waals surface area contributed by atoms with E-state index in [1.54, 1.807) is 6.20 Å². The van der Waals surface area contributed by atoms with Gasteiger partial charge in [-0.05, 0) is 47.2 Å². The van der Waals surface area contributed by atoms with Crippen LogP contribution in [0, 0.1) is 5.41 Å². The van der Waals surface area contributed by atoms with E-state index >= 15 is 0 Å². The first-order valence-corrected chi connectivity index (χ1v) is 9.94. The number of benzene rings is 2. The molecule has 1 aliphatic carbocycles. The van der Waals surface area contributed by atoms with Crippen molar-refractivity contribution in [2.75, 3.05) is 0 Å². The van der Waals surface area contributed by atoms with E-state index in [9.17, 15) is 9.59 Å². The number of para-hydroxylation sites is 2. The summed E-state index contributed by atoms with van der Waals surface area (Å²) in [6.45, 7) is 5.96. The Morgan fingerprint density at radius 1 is 1.03 bits per heavy atom. The molecular weight excluding hydrogens is 364 g/mol. The zero-order valence-corrected chi connectivity index (χ0v) is 16.9. The van der Waals surface area contributed by atoms with Gasteiger partial charge in [-0.3, -0.25) is 9.59 Å². The SMILES string of the molecule is CCc1ccc(Oc2cnc3ccccc3n2)cc1C1C(=O)CC(C)(C)CC1=O. The van der Waals surface area contributed by atoms with Gasteiger partial charge < -0.3 is 4.74 Å². The minimum absolute atomic E-state index is 0.0106. The maximum atomic E-state index is 12.8. The summed E-state index contributed by atoms with van der Waals surface area (Å²) < 4.78 is 5.93. The topological polar surface area (TPSA) is 69.2 Å². The number of aryl methyl sites for hydroxylation is 1. The quantitative estimate of drug-likeness (QED) is 0.587. The van der Waals surface area contributed by atoms with Crippen LogP contribution in [0.2, 0.25) is 0 Å². The molecule has 0 radical (unpaired) electrons. The second kappa shape index (κ2) is 7.39. The van der Waals surface area contributed by atoms with Gasteiger partial charge in [-0.1, -0.05) is 39.0 Å². The van der Waals surface area contributed by atoms with E-state index in [-0.39, 0.29) is 17.0 Å². The van der Waals surface area contributed by atoms with Crippen molar-refractivity contribution in [2.24, 2.45) is 5.41 Å². The Hall–Kier alpha value is -3.08. The highest BCUT2D eigenvalue weighted by Gasteiger charge is 2.41. The first-order valence-electron chi connectivity index (χ1n) is 9.94. The molecule has 0 saturated heterocycles. The minimum atomic E-state index is -0.704. The maximum absolute atomic E-state index is 12.8. The van der Waals surface area contributed by atoms with Gasteiger partial charge in [0.2, 0.25) is 5.88 Å². The standard InChI is InChI=1S/C24H24N2O3/c1-4-15-9-10-16(29-22-14-25-18-7-5-6-8-19(18)26-22)11-17(15)23-20(27)12-24(2,3)13-21(23)28/h5-11,14,23H,4,12-13H2,1-3H3. The van der Waals surface area contributed by atoms with Crippen LogP contribution in [0.15, 0.2) is 48.7 Å². The predicted octanol–water partition coefficient (Wildman–Crippen LogP) is 5.03. The Bertz CT molecular complexity index is 1080. The van der Waals surface area contributed by atoms with Crippen molar-refractivity contribution in [3.8, 4) is 11.6 Å². The number of ketones is 2. The Morgan fingerprint density at radius 3 is 2.41 bits per heavy atom. The molecule has 0 amide bonds. The van der Waals surface area contributed by atoms with Gasteiger partial charge in [0, 0.05) is 12.8 Å². The zero-order chi connectivity index (χ0) is 20.6. The highest BCUT2D eigenvalue weighted by molar-refractivity contribution is 6.10. The molecule has 3 aromatic rings. The number of aromatic nitrogens is 2. The highest BCUT2D eigenvalue weighted by Crippen LogP contribution is 2.40. The molecule has 5 nitrogen and oxygen atoms in total. The van der Waals surface area contributed by atoms with Crippen LogP contribution in [-0.2, 0) is 16.0 Å². The Labute approximate surface area is 170 Å². The third kappa shape index (κ3) is 3.90. The van der Waals surface area contributed by atoms with Crippen molar-refractivity contribution >= 4 is 22.6 Å². The molecule has 0 unspecified atom stereocenters. The third-order valence-corrected chi connectivity index (χ3v) is 5.41. The highest BCUT2D eigenvalue weighted by atomic mass is 16.5. The van der Waals surface area contributed by atoms with Gasteiger partial charge in [0.15, 0.2) is 0 Å². The summed E-state index contributed by atoms with van der Waals surface area (Å²) in [6, 6.07) is 13.2. The monoisotopic (exact) mass is 388 g/mol. The lowest BCUT2D eigenvalue weighted by molar-refractivity contribution is -0.135. The number of hydrogen-bond acceptors (Lipinski definition) is 5. The van der Waals surface area contributed by atoms with Crippen LogP contribution in [-0.4, -0.2) is 21.5 Å². The Morgan fingerprint density at radius 2 is 1.72 bits per heavy atom. The molecule has 148 valence electrons. The number of ether oxygens (including phenoxy) is 1. The van der Waals surface area contributed by atoms with Gasteiger partial charge in [0.1, 0.15) is 23.2 Å². The lowest BCUT2D eigenvalue weighted by Crippen LogP contribution is -2.36. The first kappa shape index (κ1) is 19.2. The number of rotatable bonds is 4. The number of nitrogens with zero attached hydrogens (tertiary/aromatic N) is 2. The van der Waals surface area contributed by atoms with Crippen molar-refractivity contribution in [2.45, 2.75) is 46.0 Å². The van der Waals surface area contributed by atoms with Crippen LogP contribution in [0.5, 0.6) is 11.6 Å². The van der Waals surface area contributed by atoms with Crippen molar-refractivity contribution in [3.05, 3.63) is 59.8 Å². The van der Waals surface area contributed by atoms with Crippen LogP contribution >= 0.6 is 0 Å². The van der Waals surface area contributed by atoms with Crippen LogP contribution in [0.4, 0.5) is 0 Å². The second-order valence-corrected chi connectivity index (χ2v) is 8.40. The summed E-state index contributed by atoms with van der Waals surface area (Å²) in [4.78, 5) is 34.5. The van der Waals surface area contributed by atoms with Gasteiger partial charge in [0.05, 0.1) is 17.2 Å². The van der Waals surface area contributed by atoms with Gasteiger partial charge in [-0.25, -0.2) is 9.97 Å². The average molecular weight is 388 g/mol. The van der Waals surface area contributed by atoms with E-state index < -0.39 is 5.92 Å². The molecule has 4 rings (SSSR count). The van der Waals surface area contributed by atoms with Crippen molar-refractivity contribution in [1.82, 2.24) is 9.97 Å². The van der Waals surface area contributed by atoms with Gasteiger partial charge >= 0.3 is 0 Å². The number of Topliss-reactive ketones (excluding diaryl/α,β-unsaturated/α-hetero) is 2. The molecule has 0 aliphatic heterocycles. The van der Waals surface area contributed by atoms with Crippen molar-refractivity contribution < 1.29 is 14.3 Å². The fourth-order valence-corrected chi connectivity index (χ4v) is 4.07. The van der Waals surface area contributed by atoms with Gasteiger partial charge in [-0.15, -0.1) is 0 Å². The van der Waals surface area contributed by atoms with Crippen LogP contribution in [0.1, 0.15) is 50.7 Å². The molecule has 1 saturated carbocycles. The average Bonchev–Trinajstić information content (AvgIpc) is 2.66. The van der Waals surface area contributed by atoms with Crippen LogP contribution in [0.25, 0.3) is 11.0 Å². The summed E-state index contributed by atoms with van der Waals surface area (Å²) in [5.41, 5.74) is 3.02. The lowest BCUT2D eigenvalue weighted by atomic mass is 9.69. The van der Waals surface area contributed by atoms with E-state index in [0.717, 1.165) is 28.6 Å². The molecule has 0 spiro atoms. The predicted molar refractivity (Wildman–Crippen MR) is 111 cm³/mol. The molecule has 1 fully saturated rings. The normalized spacial score (nSPS) is 16.9. The van der Waals surface area contributed by atoms with Gasteiger partial charge in [-0.2, -0.15) is 0 Å². The van der Waals surface area contributed by atoms with Crippen molar-refractivity contribution in [1.29, 1.82) is 0 Å². The van der Waals surface area contributed by atoms with E-state index in [1.165, 1.54) is 0 Å². The summed E-state index contributed by atoms with van der Waals surface area (Å²) in [6.07, 6.45) is 3.14. The first-order chi connectivity index (χ1) is 13.9. The molecule has 29 heavy (non-hydrogen) atoms.